The smallest absolute Gasteiger partial charge is 0.336 e. The van der Waals surface area contributed by atoms with Gasteiger partial charge in [0.25, 0.3) is 5.91 Å². The molecule has 0 saturated carbocycles. The summed E-state index contributed by atoms with van der Waals surface area (Å²) < 4.78 is 43.7. The van der Waals surface area contributed by atoms with E-state index in [-0.39, 0.29) is 22.8 Å². The minimum Gasteiger partial charge on any atom is -0.336 e. The summed E-state index contributed by atoms with van der Waals surface area (Å²) in [6.45, 7) is 4.63. The molecule has 0 bridgehead atoms. The molecule has 164 valence electrons. The lowest BCUT2D eigenvalue weighted by Gasteiger charge is -2.37. The third-order valence-electron chi connectivity index (χ3n) is 6.16. The van der Waals surface area contributed by atoms with Gasteiger partial charge in [0.1, 0.15) is 5.56 Å². The molecular formula is C20H22F3N7O. The highest BCUT2D eigenvalue weighted by Gasteiger charge is 2.38. The topological polar surface area (TPSA) is 71.6 Å². The lowest BCUT2D eigenvalue weighted by molar-refractivity contribution is -0.142. The van der Waals surface area contributed by atoms with E-state index in [9.17, 15) is 18.0 Å². The van der Waals surface area contributed by atoms with Crippen LogP contribution >= 0.6 is 0 Å². The van der Waals surface area contributed by atoms with Crippen molar-refractivity contribution in [3.8, 4) is 11.3 Å². The molecule has 0 aromatic carbocycles. The van der Waals surface area contributed by atoms with E-state index in [4.69, 9.17) is 0 Å². The number of piperazine rings is 1. The summed E-state index contributed by atoms with van der Waals surface area (Å²) in [6.07, 6.45) is 0.285. The van der Waals surface area contributed by atoms with E-state index in [2.05, 4.69) is 20.1 Å². The van der Waals surface area contributed by atoms with Crippen molar-refractivity contribution in [1.82, 2.24) is 34.2 Å². The molecule has 11 heteroatoms. The quantitative estimate of drug-likeness (QED) is 0.621. The number of halogens is 3. The highest BCUT2D eigenvalue weighted by atomic mass is 19.4. The van der Waals surface area contributed by atoms with Gasteiger partial charge in [-0.3, -0.25) is 14.4 Å². The number of hydrogen-bond donors (Lipinski definition) is 0. The maximum atomic E-state index is 13.8. The molecule has 0 N–H and O–H groups in total. The third-order valence-corrected chi connectivity index (χ3v) is 6.16. The fourth-order valence-electron chi connectivity index (χ4n) is 4.65. The lowest BCUT2D eigenvalue weighted by atomic mass is 10.1. The molecule has 8 nitrogen and oxygen atoms in total. The fraction of sp³-hybridized carbons (Fsp3) is 0.500. The molecule has 1 atom stereocenters. The number of aryl methyl sites for hydroxylation is 2. The summed E-state index contributed by atoms with van der Waals surface area (Å²) in [5.74, 6) is -0.331. The van der Waals surface area contributed by atoms with Crippen molar-refractivity contribution in [3.63, 3.8) is 0 Å². The first-order valence-corrected chi connectivity index (χ1v) is 10.2. The second kappa shape index (κ2) is 7.04. The highest BCUT2D eigenvalue weighted by molar-refractivity contribution is 6.00. The zero-order valence-electron chi connectivity index (χ0n) is 17.2. The van der Waals surface area contributed by atoms with Gasteiger partial charge in [0.15, 0.2) is 11.3 Å². The van der Waals surface area contributed by atoms with Crippen LogP contribution in [0.25, 0.3) is 16.9 Å². The molecule has 0 spiro atoms. The van der Waals surface area contributed by atoms with E-state index in [1.54, 1.807) is 25.1 Å². The molecule has 2 fully saturated rings. The van der Waals surface area contributed by atoms with E-state index in [1.165, 1.54) is 10.9 Å². The standard InChI is InChI=1S/C20H22F3N7O/c1-12-15(11-27(2)26-12)16-8-17(20(21,22)23)30-18(25-16)14(9-24-30)19(31)29-7-6-28-5-3-4-13(28)10-29/h8-9,11,13H,3-7,10H2,1-2H3/t13-/m1/s1. The van der Waals surface area contributed by atoms with Gasteiger partial charge in [-0.2, -0.15) is 23.4 Å². The summed E-state index contributed by atoms with van der Waals surface area (Å²) in [4.78, 5) is 21.8. The van der Waals surface area contributed by atoms with E-state index < -0.39 is 11.9 Å². The van der Waals surface area contributed by atoms with Crippen molar-refractivity contribution >= 4 is 11.6 Å². The van der Waals surface area contributed by atoms with Gasteiger partial charge in [0.2, 0.25) is 0 Å². The Kier molecular flexibility index (Phi) is 4.54. The second-order valence-corrected chi connectivity index (χ2v) is 8.20. The molecule has 31 heavy (non-hydrogen) atoms. The minimum atomic E-state index is -4.66. The van der Waals surface area contributed by atoms with Gasteiger partial charge >= 0.3 is 6.18 Å². The van der Waals surface area contributed by atoms with Crippen LogP contribution < -0.4 is 0 Å². The number of nitrogens with zero attached hydrogens (tertiary/aromatic N) is 7. The lowest BCUT2D eigenvalue weighted by Crippen LogP contribution is -2.52. The molecule has 1 amide bonds. The number of carbonyl (C=O) groups excluding carboxylic acids is 1. The van der Waals surface area contributed by atoms with E-state index >= 15 is 0 Å². The van der Waals surface area contributed by atoms with Crippen LogP contribution in [0.15, 0.2) is 18.5 Å². The number of aromatic nitrogens is 5. The molecule has 0 aliphatic carbocycles. The Labute approximate surface area is 176 Å². The van der Waals surface area contributed by atoms with Gasteiger partial charge in [-0.25, -0.2) is 9.50 Å². The molecule has 3 aromatic heterocycles. The van der Waals surface area contributed by atoms with E-state index in [1.807, 2.05) is 0 Å². The maximum absolute atomic E-state index is 13.8. The van der Waals surface area contributed by atoms with Crippen LogP contribution in [0.5, 0.6) is 0 Å². The molecule has 2 aliphatic rings. The Hall–Kier alpha value is -2.95. The predicted molar refractivity (Wildman–Crippen MR) is 105 cm³/mol. The van der Waals surface area contributed by atoms with Gasteiger partial charge in [-0.15, -0.1) is 0 Å². The van der Waals surface area contributed by atoms with Crippen LogP contribution in [0, 0.1) is 6.92 Å². The molecule has 0 radical (unpaired) electrons. The fourth-order valence-corrected chi connectivity index (χ4v) is 4.65. The van der Waals surface area contributed by atoms with Gasteiger partial charge in [-0.05, 0) is 32.4 Å². The number of carbonyl (C=O) groups is 1. The van der Waals surface area contributed by atoms with Crippen molar-refractivity contribution in [3.05, 3.63) is 35.4 Å². The normalized spacial score (nSPS) is 19.9. The van der Waals surface area contributed by atoms with Crippen molar-refractivity contribution in [2.75, 3.05) is 26.2 Å². The predicted octanol–water partition coefficient (Wildman–Crippen LogP) is 2.38. The zero-order chi connectivity index (χ0) is 21.9. The largest absolute Gasteiger partial charge is 0.433 e. The van der Waals surface area contributed by atoms with Crippen LogP contribution in [0.4, 0.5) is 13.2 Å². The number of amides is 1. The van der Waals surface area contributed by atoms with Crippen molar-refractivity contribution in [1.29, 1.82) is 0 Å². The van der Waals surface area contributed by atoms with Crippen LogP contribution in [0.1, 0.15) is 34.6 Å². The van der Waals surface area contributed by atoms with Crippen molar-refractivity contribution < 1.29 is 18.0 Å². The number of hydrogen-bond acceptors (Lipinski definition) is 5. The first-order chi connectivity index (χ1) is 14.7. The average molecular weight is 433 g/mol. The first kappa shape index (κ1) is 20.0. The Morgan fingerprint density at radius 2 is 2.03 bits per heavy atom. The number of fused-ring (bicyclic) bond motifs is 2. The van der Waals surface area contributed by atoms with Crippen LogP contribution in [0.2, 0.25) is 0 Å². The van der Waals surface area contributed by atoms with E-state index in [0.717, 1.165) is 32.0 Å². The Bertz CT molecular complexity index is 1170. The Morgan fingerprint density at radius 1 is 1.23 bits per heavy atom. The van der Waals surface area contributed by atoms with E-state index in [0.29, 0.717) is 34.9 Å². The van der Waals surface area contributed by atoms with Gasteiger partial charge in [0, 0.05) is 44.5 Å². The second-order valence-electron chi connectivity index (χ2n) is 8.20. The summed E-state index contributed by atoms with van der Waals surface area (Å²) in [6, 6.07) is 1.27. The summed E-state index contributed by atoms with van der Waals surface area (Å²) >= 11 is 0. The molecule has 5 heterocycles. The Morgan fingerprint density at radius 3 is 2.74 bits per heavy atom. The highest BCUT2D eigenvalue weighted by Crippen LogP contribution is 2.33. The third kappa shape index (κ3) is 3.36. The summed E-state index contributed by atoms with van der Waals surface area (Å²) in [7, 11) is 1.69. The zero-order valence-corrected chi connectivity index (χ0v) is 17.2. The minimum absolute atomic E-state index is 0.0836. The number of alkyl halides is 3. The summed E-state index contributed by atoms with van der Waals surface area (Å²) in [5.41, 5.74) is 0.162. The molecule has 3 aromatic rings. The first-order valence-electron chi connectivity index (χ1n) is 10.2. The maximum Gasteiger partial charge on any atom is 0.433 e. The van der Waals surface area contributed by atoms with Crippen LogP contribution in [-0.4, -0.2) is 72.3 Å². The molecule has 2 saturated heterocycles. The van der Waals surface area contributed by atoms with Crippen molar-refractivity contribution in [2.24, 2.45) is 7.05 Å². The monoisotopic (exact) mass is 433 g/mol. The molecule has 5 rings (SSSR count). The SMILES string of the molecule is Cc1nn(C)cc1-c1cc(C(F)(F)F)n2ncc(C(=O)N3CCN4CCC[C@@H]4C3)c2n1. The van der Waals surface area contributed by atoms with Crippen LogP contribution in [0.3, 0.4) is 0 Å². The van der Waals surface area contributed by atoms with Crippen molar-refractivity contribution in [2.45, 2.75) is 32.0 Å². The van der Waals surface area contributed by atoms with Crippen LogP contribution in [-0.2, 0) is 13.2 Å². The van der Waals surface area contributed by atoms with Gasteiger partial charge < -0.3 is 4.90 Å². The molecule has 2 aliphatic heterocycles. The van der Waals surface area contributed by atoms with Gasteiger partial charge in [-0.1, -0.05) is 0 Å². The summed E-state index contributed by atoms with van der Waals surface area (Å²) in [5, 5.41) is 8.09. The molecule has 0 unspecified atom stereocenters. The average Bonchev–Trinajstić information content (AvgIpc) is 3.43. The Balaban J connectivity index is 1.60. The number of rotatable bonds is 2. The molecular weight excluding hydrogens is 411 g/mol. The van der Waals surface area contributed by atoms with Gasteiger partial charge in [0.05, 0.1) is 17.6 Å².